The molecule has 0 spiro atoms. The van der Waals surface area contributed by atoms with Crippen LogP contribution in [0.5, 0.6) is 11.5 Å². The van der Waals surface area contributed by atoms with Crippen LogP contribution in [0.3, 0.4) is 0 Å². The standard InChI is InChI=1S/C17H29NO3/c1-14(18-10-6-5-7-11-19-2)12-15-8-9-16(20-3)17(13-15)21-4/h8-9,13-14,18H,5-7,10-12H2,1-4H3. The third kappa shape index (κ3) is 6.82. The minimum atomic E-state index is 0.450. The number of nitrogens with one attached hydrogen (secondary N) is 1. The molecule has 120 valence electrons. The molecule has 1 rings (SSSR count). The van der Waals surface area contributed by atoms with Gasteiger partial charge in [0.1, 0.15) is 0 Å². The largest absolute Gasteiger partial charge is 0.493 e. The summed E-state index contributed by atoms with van der Waals surface area (Å²) in [4.78, 5) is 0. The van der Waals surface area contributed by atoms with Crippen LogP contribution < -0.4 is 14.8 Å². The quantitative estimate of drug-likeness (QED) is 0.637. The third-order valence-electron chi connectivity index (χ3n) is 3.51. The highest BCUT2D eigenvalue weighted by Crippen LogP contribution is 2.27. The first-order chi connectivity index (χ1) is 10.2. The van der Waals surface area contributed by atoms with E-state index in [1.54, 1.807) is 21.3 Å². The summed E-state index contributed by atoms with van der Waals surface area (Å²) in [6.45, 7) is 4.13. The molecule has 1 aromatic rings. The molecule has 0 heterocycles. The Labute approximate surface area is 128 Å². The van der Waals surface area contributed by atoms with E-state index in [2.05, 4.69) is 24.4 Å². The van der Waals surface area contributed by atoms with E-state index < -0.39 is 0 Å². The van der Waals surface area contributed by atoms with Crippen LogP contribution in [0.1, 0.15) is 31.7 Å². The van der Waals surface area contributed by atoms with Crippen LogP contribution in [0.25, 0.3) is 0 Å². The summed E-state index contributed by atoms with van der Waals surface area (Å²) < 4.78 is 15.6. The Balaban J connectivity index is 2.32. The smallest absolute Gasteiger partial charge is 0.160 e. The molecule has 1 aromatic carbocycles. The van der Waals surface area contributed by atoms with Crippen molar-refractivity contribution in [1.82, 2.24) is 5.32 Å². The van der Waals surface area contributed by atoms with Gasteiger partial charge in [-0.3, -0.25) is 0 Å². The molecule has 4 nitrogen and oxygen atoms in total. The molecule has 0 bridgehead atoms. The van der Waals surface area contributed by atoms with Gasteiger partial charge in [-0.25, -0.2) is 0 Å². The molecule has 0 aliphatic heterocycles. The van der Waals surface area contributed by atoms with Crippen LogP contribution in [0.15, 0.2) is 18.2 Å². The topological polar surface area (TPSA) is 39.7 Å². The molecule has 1 atom stereocenters. The van der Waals surface area contributed by atoms with E-state index in [-0.39, 0.29) is 0 Å². The lowest BCUT2D eigenvalue weighted by molar-refractivity contribution is 0.192. The lowest BCUT2D eigenvalue weighted by Crippen LogP contribution is -2.29. The van der Waals surface area contributed by atoms with Gasteiger partial charge in [0.05, 0.1) is 14.2 Å². The van der Waals surface area contributed by atoms with Gasteiger partial charge in [0.25, 0.3) is 0 Å². The van der Waals surface area contributed by atoms with Crippen molar-refractivity contribution in [1.29, 1.82) is 0 Å². The molecule has 0 radical (unpaired) electrons. The van der Waals surface area contributed by atoms with Gasteiger partial charge in [0.2, 0.25) is 0 Å². The molecular formula is C17H29NO3. The summed E-state index contributed by atoms with van der Waals surface area (Å²) in [5.41, 5.74) is 1.26. The lowest BCUT2D eigenvalue weighted by Gasteiger charge is -2.15. The number of unbranched alkanes of at least 4 members (excludes halogenated alkanes) is 2. The Morgan fingerprint density at radius 3 is 2.43 bits per heavy atom. The van der Waals surface area contributed by atoms with E-state index in [4.69, 9.17) is 14.2 Å². The maximum Gasteiger partial charge on any atom is 0.160 e. The maximum atomic E-state index is 5.34. The molecule has 21 heavy (non-hydrogen) atoms. The van der Waals surface area contributed by atoms with Crippen molar-refractivity contribution in [2.24, 2.45) is 0 Å². The maximum absolute atomic E-state index is 5.34. The van der Waals surface area contributed by atoms with Crippen molar-refractivity contribution in [3.63, 3.8) is 0 Å². The lowest BCUT2D eigenvalue weighted by atomic mass is 10.1. The Morgan fingerprint density at radius 2 is 1.76 bits per heavy atom. The molecule has 0 fully saturated rings. The van der Waals surface area contributed by atoms with Crippen LogP contribution in [-0.2, 0) is 11.2 Å². The van der Waals surface area contributed by atoms with Crippen LogP contribution in [0, 0.1) is 0 Å². The van der Waals surface area contributed by atoms with Gasteiger partial charge in [0.15, 0.2) is 11.5 Å². The second-order valence-electron chi connectivity index (χ2n) is 5.30. The fourth-order valence-electron chi connectivity index (χ4n) is 2.33. The number of benzene rings is 1. The molecule has 0 saturated heterocycles. The summed E-state index contributed by atoms with van der Waals surface area (Å²) in [5.74, 6) is 1.57. The number of methoxy groups -OCH3 is 3. The van der Waals surface area contributed by atoms with Gasteiger partial charge < -0.3 is 19.5 Å². The predicted octanol–water partition coefficient (Wildman–Crippen LogP) is 3.04. The fraction of sp³-hybridized carbons (Fsp3) is 0.647. The van der Waals surface area contributed by atoms with Gasteiger partial charge in [-0.2, -0.15) is 0 Å². The van der Waals surface area contributed by atoms with Crippen molar-refractivity contribution >= 4 is 0 Å². The van der Waals surface area contributed by atoms with E-state index >= 15 is 0 Å². The first-order valence-electron chi connectivity index (χ1n) is 7.64. The van der Waals surface area contributed by atoms with Crippen LogP contribution in [-0.4, -0.2) is 40.5 Å². The molecule has 0 aliphatic carbocycles. The highest BCUT2D eigenvalue weighted by atomic mass is 16.5. The second-order valence-corrected chi connectivity index (χ2v) is 5.30. The van der Waals surface area contributed by atoms with Crippen LogP contribution >= 0.6 is 0 Å². The first-order valence-corrected chi connectivity index (χ1v) is 7.64. The number of ether oxygens (including phenoxy) is 3. The monoisotopic (exact) mass is 295 g/mol. The number of rotatable bonds is 11. The van der Waals surface area contributed by atoms with Gasteiger partial charge in [-0.15, -0.1) is 0 Å². The van der Waals surface area contributed by atoms with E-state index in [0.29, 0.717) is 6.04 Å². The zero-order chi connectivity index (χ0) is 15.5. The SMILES string of the molecule is COCCCCCNC(C)Cc1ccc(OC)c(OC)c1. The summed E-state index contributed by atoms with van der Waals surface area (Å²) >= 11 is 0. The Bertz CT molecular complexity index is 396. The highest BCUT2D eigenvalue weighted by molar-refractivity contribution is 5.43. The van der Waals surface area contributed by atoms with Crippen molar-refractivity contribution in [3.8, 4) is 11.5 Å². The summed E-state index contributed by atoms with van der Waals surface area (Å²) in [6.07, 6.45) is 4.53. The third-order valence-corrected chi connectivity index (χ3v) is 3.51. The zero-order valence-electron chi connectivity index (χ0n) is 13.8. The molecule has 1 unspecified atom stereocenters. The summed E-state index contributed by atoms with van der Waals surface area (Å²) in [5, 5.41) is 3.56. The first kappa shape index (κ1) is 17.8. The van der Waals surface area contributed by atoms with Gasteiger partial charge in [-0.1, -0.05) is 6.07 Å². The Morgan fingerprint density at radius 1 is 1.00 bits per heavy atom. The zero-order valence-corrected chi connectivity index (χ0v) is 13.8. The highest BCUT2D eigenvalue weighted by Gasteiger charge is 2.07. The van der Waals surface area contributed by atoms with Crippen molar-refractivity contribution in [2.75, 3.05) is 34.5 Å². The minimum Gasteiger partial charge on any atom is -0.493 e. The average Bonchev–Trinajstić information content (AvgIpc) is 2.50. The Hall–Kier alpha value is -1.26. The van der Waals surface area contributed by atoms with Gasteiger partial charge in [-0.05, 0) is 56.8 Å². The minimum absolute atomic E-state index is 0.450. The molecule has 0 amide bonds. The van der Waals surface area contributed by atoms with Crippen LogP contribution in [0.4, 0.5) is 0 Å². The fourth-order valence-corrected chi connectivity index (χ4v) is 2.33. The number of hydrogen-bond donors (Lipinski definition) is 1. The van der Waals surface area contributed by atoms with E-state index in [1.165, 1.54) is 18.4 Å². The molecule has 0 aromatic heterocycles. The molecule has 4 heteroatoms. The van der Waals surface area contributed by atoms with Crippen molar-refractivity contribution in [2.45, 2.75) is 38.6 Å². The predicted molar refractivity (Wildman–Crippen MR) is 86.4 cm³/mol. The van der Waals surface area contributed by atoms with E-state index in [1.807, 2.05) is 6.07 Å². The van der Waals surface area contributed by atoms with Gasteiger partial charge >= 0.3 is 0 Å². The normalized spacial score (nSPS) is 12.2. The second kappa shape index (κ2) is 10.5. The molecule has 0 aliphatic rings. The van der Waals surface area contributed by atoms with Crippen LogP contribution in [0.2, 0.25) is 0 Å². The van der Waals surface area contributed by atoms with Crippen molar-refractivity contribution < 1.29 is 14.2 Å². The summed E-state index contributed by atoms with van der Waals surface area (Å²) in [6, 6.07) is 6.56. The summed E-state index contributed by atoms with van der Waals surface area (Å²) in [7, 11) is 5.08. The van der Waals surface area contributed by atoms with Crippen molar-refractivity contribution in [3.05, 3.63) is 23.8 Å². The van der Waals surface area contributed by atoms with Gasteiger partial charge in [0, 0.05) is 19.8 Å². The molecular weight excluding hydrogens is 266 g/mol. The van der Waals surface area contributed by atoms with E-state index in [0.717, 1.165) is 37.5 Å². The molecule has 0 saturated carbocycles. The number of hydrogen-bond acceptors (Lipinski definition) is 4. The average molecular weight is 295 g/mol. The molecule has 1 N–H and O–H groups in total. The Kier molecular flexibility index (Phi) is 8.87. The van der Waals surface area contributed by atoms with E-state index in [9.17, 15) is 0 Å².